The number of rotatable bonds is 2. The minimum atomic E-state index is -0.682. The van der Waals surface area contributed by atoms with E-state index in [1.54, 1.807) is 0 Å². The molecule has 2 N–H and O–H groups in total. The largest absolute Gasteiger partial charge is 0.390 e. The second kappa shape index (κ2) is 4.63. The van der Waals surface area contributed by atoms with Gasteiger partial charge in [0.15, 0.2) is 6.23 Å². The van der Waals surface area contributed by atoms with E-state index in [9.17, 15) is 14.7 Å². The number of ether oxygens (including phenoxy) is 1. The average Bonchev–Trinajstić information content (AvgIpc) is 2.65. The van der Waals surface area contributed by atoms with Gasteiger partial charge in [-0.15, -0.1) is 0 Å². The lowest BCUT2D eigenvalue weighted by Gasteiger charge is -2.13. The van der Waals surface area contributed by atoms with E-state index in [4.69, 9.17) is 4.74 Å². The summed E-state index contributed by atoms with van der Waals surface area (Å²) in [5.74, 6) is 0.356. The topological polar surface area (TPSA) is 97.2 Å². The Morgan fingerprint density at radius 2 is 2.35 bits per heavy atom. The van der Waals surface area contributed by atoms with Gasteiger partial charge in [-0.1, -0.05) is 0 Å². The molecule has 94 valence electrons. The summed E-state index contributed by atoms with van der Waals surface area (Å²) in [6.07, 6.45) is -1.52. The number of aliphatic hydroxyl groups is 1. The van der Waals surface area contributed by atoms with Crippen LogP contribution in [-0.4, -0.2) is 37.8 Å². The zero-order valence-corrected chi connectivity index (χ0v) is 10.1. The number of hydrogen-bond donors (Lipinski definition) is 3. The molecule has 1 aliphatic heterocycles. The van der Waals surface area contributed by atoms with Gasteiger partial charge in [-0.2, -0.15) is 22.4 Å². The molecule has 1 aromatic rings. The first-order chi connectivity index (χ1) is 8.02. The summed E-state index contributed by atoms with van der Waals surface area (Å²) in [7, 11) is 0. The van der Waals surface area contributed by atoms with Crippen molar-refractivity contribution in [2.75, 3.05) is 5.75 Å². The van der Waals surface area contributed by atoms with E-state index in [-0.39, 0.29) is 12.1 Å². The van der Waals surface area contributed by atoms with Crippen molar-refractivity contribution in [3.63, 3.8) is 0 Å². The first-order valence-corrected chi connectivity index (χ1v) is 5.80. The van der Waals surface area contributed by atoms with Gasteiger partial charge in [0.2, 0.25) is 0 Å². The Morgan fingerprint density at radius 1 is 1.65 bits per heavy atom. The molecule has 0 spiro atoms. The van der Waals surface area contributed by atoms with Crippen molar-refractivity contribution in [1.29, 1.82) is 0 Å². The molecule has 0 aliphatic carbocycles. The van der Waals surface area contributed by atoms with Crippen molar-refractivity contribution in [2.24, 2.45) is 0 Å². The Morgan fingerprint density at radius 3 is 2.94 bits per heavy atom. The highest BCUT2D eigenvalue weighted by atomic mass is 32.1. The molecule has 0 radical (unpaired) electrons. The lowest BCUT2D eigenvalue weighted by atomic mass is 10.2. The molecule has 1 fully saturated rings. The number of nitrogens with one attached hydrogen (secondary N) is 1. The third-order valence-electron chi connectivity index (χ3n) is 2.67. The summed E-state index contributed by atoms with van der Waals surface area (Å²) < 4.78 is 6.48. The lowest BCUT2D eigenvalue weighted by molar-refractivity contribution is -0.0144. The molecule has 0 aromatic carbocycles. The van der Waals surface area contributed by atoms with Crippen LogP contribution in [0.2, 0.25) is 0 Å². The summed E-state index contributed by atoms with van der Waals surface area (Å²) in [6, 6.07) is 0. The first kappa shape index (κ1) is 12.3. The Hall–Kier alpha value is -1.12. The molecule has 0 saturated carbocycles. The molecule has 0 amide bonds. The van der Waals surface area contributed by atoms with Crippen LogP contribution >= 0.6 is 12.6 Å². The van der Waals surface area contributed by atoms with Crippen LogP contribution in [0.1, 0.15) is 18.3 Å². The Bertz CT molecular complexity index is 526. The van der Waals surface area contributed by atoms with Crippen LogP contribution in [0.25, 0.3) is 0 Å². The van der Waals surface area contributed by atoms with Gasteiger partial charge in [0.25, 0.3) is 5.56 Å². The molecule has 2 rings (SSSR count). The molecule has 0 unspecified atom stereocenters. The van der Waals surface area contributed by atoms with E-state index in [1.165, 1.54) is 6.92 Å². The van der Waals surface area contributed by atoms with Crippen LogP contribution in [-0.2, 0) is 4.74 Å². The van der Waals surface area contributed by atoms with Crippen molar-refractivity contribution < 1.29 is 9.84 Å². The maximum absolute atomic E-state index is 11.5. The highest BCUT2D eigenvalue weighted by molar-refractivity contribution is 7.80. The molecule has 1 aromatic heterocycles. The molecule has 1 aliphatic rings. The molecule has 1 saturated heterocycles. The second-order valence-electron chi connectivity index (χ2n) is 3.90. The normalized spacial score (nSPS) is 28.5. The molecule has 0 bridgehead atoms. The van der Waals surface area contributed by atoms with Crippen LogP contribution in [0.3, 0.4) is 0 Å². The van der Waals surface area contributed by atoms with Crippen molar-refractivity contribution in [3.05, 3.63) is 26.5 Å². The molecule has 8 heteroatoms. The van der Waals surface area contributed by atoms with Crippen molar-refractivity contribution in [3.8, 4) is 0 Å². The quantitative estimate of drug-likeness (QED) is 0.581. The maximum atomic E-state index is 11.5. The minimum Gasteiger partial charge on any atom is -0.390 e. The van der Waals surface area contributed by atoms with Gasteiger partial charge in [-0.25, -0.2) is 4.79 Å². The van der Waals surface area contributed by atoms with Gasteiger partial charge >= 0.3 is 5.69 Å². The molecule has 3 atom stereocenters. The van der Waals surface area contributed by atoms with Crippen LogP contribution < -0.4 is 11.2 Å². The van der Waals surface area contributed by atoms with Crippen LogP contribution in [0.5, 0.6) is 0 Å². The molecule has 7 nitrogen and oxygen atoms in total. The van der Waals surface area contributed by atoms with Gasteiger partial charge in [-0.05, 0) is 6.92 Å². The van der Waals surface area contributed by atoms with E-state index in [0.29, 0.717) is 5.75 Å². The van der Waals surface area contributed by atoms with E-state index in [1.807, 2.05) is 0 Å². The Balaban J connectivity index is 2.34. The van der Waals surface area contributed by atoms with Gasteiger partial charge in [-0.3, -0.25) is 9.78 Å². The van der Waals surface area contributed by atoms with Crippen LogP contribution in [0, 0.1) is 6.92 Å². The molecule has 2 heterocycles. The van der Waals surface area contributed by atoms with Crippen LogP contribution in [0.4, 0.5) is 0 Å². The summed E-state index contributed by atoms with van der Waals surface area (Å²) in [5, 5.41) is 13.5. The van der Waals surface area contributed by atoms with Gasteiger partial charge in [0, 0.05) is 12.2 Å². The Kier molecular flexibility index (Phi) is 3.36. The summed E-state index contributed by atoms with van der Waals surface area (Å²) in [4.78, 5) is 24.8. The number of aryl methyl sites for hydroxylation is 1. The van der Waals surface area contributed by atoms with Crippen molar-refractivity contribution >= 4 is 12.6 Å². The predicted molar refractivity (Wildman–Crippen MR) is 62.2 cm³/mol. The van der Waals surface area contributed by atoms with Crippen molar-refractivity contribution in [1.82, 2.24) is 14.8 Å². The molecular formula is C9H13N3O4S. The standard InChI is InChI=1S/C9H13N3O4S/c1-4-8(14)10-9(15)12(11-4)7-2-5(13)6(3-17)16-7/h5-7,13,17H,2-3H2,1H3,(H,10,14,15)/t5-,6+,7+/m0/s1. The second-order valence-corrected chi connectivity index (χ2v) is 4.27. The van der Waals surface area contributed by atoms with E-state index >= 15 is 0 Å². The molecule has 17 heavy (non-hydrogen) atoms. The van der Waals surface area contributed by atoms with Gasteiger partial charge in [0.1, 0.15) is 5.69 Å². The minimum absolute atomic E-state index is 0.178. The van der Waals surface area contributed by atoms with Gasteiger partial charge in [0.05, 0.1) is 12.2 Å². The summed E-state index contributed by atoms with van der Waals surface area (Å²) in [6.45, 7) is 1.50. The highest BCUT2D eigenvalue weighted by Crippen LogP contribution is 2.27. The number of hydrogen-bond acceptors (Lipinski definition) is 6. The SMILES string of the molecule is Cc1nn([C@H]2C[C@H](O)[C@@H](CS)O2)c(=O)[nH]c1=O. The number of aromatic nitrogens is 3. The smallest absolute Gasteiger partial charge is 0.347 e. The zero-order chi connectivity index (χ0) is 12.6. The number of thiol groups is 1. The average molecular weight is 259 g/mol. The van der Waals surface area contributed by atoms with Crippen LogP contribution in [0.15, 0.2) is 9.59 Å². The highest BCUT2D eigenvalue weighted by Gasteiger charge is 2.35. The molecular weight excluding hydrogens is 246 g/mol. The third-order valence-corrected chi connectivity index (χ3v) is 3.03. The lowest BCUT2D eigenvalue weighted by Crippen LogP contribution is -2.36. The number of aliphatic hydroxyl groups excluding tert-OH is 1. The third kappa shape index (κ3) is 2.28. The fourth-order valence-corrected chi connectivity index (χ4v) is 2.05. The predicted octanol–water partition coefficient (Wildman–Crippen LogP) is -1.18. The zero-order valence-electron chi connectivity index (χ0n) is 9.16. The Labute approximate surface area is 102 Å². The van der Waals surface area contributed by atoms with Gasteiger partial charge < -0.3 is 9.84 Å². The van der Waals surface area contributed by atoms with Crippen molar-refractivity contribution in [2.45, 2.75) is 31.8 Å². The van der Waals surface area contributed by atoms with E-state index in [0.717, 1.165) is 4.68 Å². The maximum Gasteiger partial charge on any atom is 0.347 e. The fraction of sp³-hybridized carbons (Fsp3) is 0.667. The van der Waals surface area contributed by atoms with E-state index in [2.05, 4.69) is 22.7 Å². The monoisotopic (exact) mass is 259 g/mol. The number of aromatic amines is 1. The fourth-order valence-electron chi connectivity index (χ4n) is 1.72. The number of nitrogens with zero attached hydrogens (tertiary/aromatic N) is 2. The number of H-pyrrole nitrogens is 1. The summed E-state index contributed by atoms with van der Waals surface area (Å²) in [5.41, 5.74) is -0.981. The van der Waals surface area contributed by atoms with E-state index < -0.39 is 29.7 Å². The first-order valence-electron chi connectivity index (χ1n) is 5.17. The summed E-state index contributed by atoms with van der Waals surface area (Å²) >= 11 is 4.04.